The lowest BCUT2D eigenvalue weighted by Crippen LogP contribution is -2.26. The average Bonchev–Trinajstić information content (AvgIpc) is 2.35. The summed E-state index contributed by atoms with van der Waals surface area (Å²) in [5.41, 5.74) is 0.302. The highest BCUT2D eigenvalue weighted by molar-refractivity contribution is 4.85. The Morgan fingerprint density at radius 2 is 2.08 bits per heavy atom. The predicted molar refractivity (Wildman–Crippen MR) is 52.2 cm³/mol. The molecule has 0 saturated carbocycles. The van der Waals surface area contributed by atoms with E-state index in [9.17, 15) is 0 Å². The van der Waals surface area contributed by atoms with Gasteiger partial charge in [0.1, 0.15) is 0 Å². The largest absolute Gasteiger partial charge is 0.374 e. The normalized spacial score (nSPS) is 30.6. The fourth-order valence-electron chi connectivity index (χ4n) is 1.70. The standard InChI is InChI=1S/C11H20O/c1-5-6-9-7-8-10(12-9)11(2,3)4/h5,9-10H,1,6-8H2,2-4H3. The average molecular weight is 168 g/mol. The van der Waals surface area contributed by atoms with E-state index in [4.69, 9.17) is 4.74 Å². The third-order valence-corrected chi connectivity index (χ3v) is 2.50. The number of hydrogen-bond donors (Lipinski definition) is 0. The Labute approximate surface area is 75.8 Å². The zero-order valence-corrected chi connectivity index (χ0v) is 8.47. The minimum Gasteiger partial charge on any atom is -0.374 e. The lowest BCUT2D eigenvalue weighted by molar-refractivity contribution is -0.0140. The van der Waals surface area contributed by atoms with Gasteiger partial charge in [0.05, 0.1) is 12.2 Å². The van der Waals surface area contributed by atoms with Crippen LogP contribution < -0.4 is 0 Å². The van der Waals surface area contributed by atoms with Crippen molar-refractivity contribution in [3.8, 4) is 0 Å². The van der Waals surface area contributed by atoms with Gasteiger partial charge in [-0.05, 0) is 24.7 Å². The summed E-state index contributed by atoms with van der Waals surface area (Å²) in [4.78, 5) is 0. The van der Waals surface area contributed by atoms with Crippen LogP contribution in [0.2, 0.25) is 0 Å². The van der Waals surface area contributed by atoms with Gasteiger partial charge in [-0.1, -0.05) is 26.8 Å². The van der Waals surface area contributed by atoms with Crippen molar-refractivity contribution in [2.75, 3.05) is 0 Å². The molecule has 0 amide bonds. The Morgan fingerprint density at radius 1 is 1.42 bits per heavy atom. The first-order valence-electron chi connectivity index (χ1n) is 4.80. The van der Waals surface area contributed by atoms with Crippen LogP contribution in [0.3, 0.4) is 0 Å². The Kier molecular flexibility index (Phi) is 2.94. The zero-order valence-electron chi connectivity index (χ0n) is 8.47. The second kappa shape index (κ2) is 3.61. The van der Waals surface area contributed by atoms with Crippen molar-refractivity contribution < 1.29 is 4.74 Å². The summed E-state index contributed by atoms with van der Waals surface area (Å²) < 4.78 is 5.90. The monoisotopic (exact) mass is 168 g/mol. The third-order valence-electron chi connectivity index (χ3n) is 2.50. The summed E-state index contributed by atoms with van der Waals surface area (Å²) in [5.74, 6) is 0. The fourth-order valence-corrected chi connectivity index (χ4v) is 1.70. The summed E-state index contributed by atoms with van der Waals surface area (Å²) >= 11 is 0. The lowest BCUT2D eigenvalue weighted by atomic mass is 9.87. The van der Waals surface area contributed by atoms with Gasteiger partial charge in [0.2, 0.25) is 0 Å². The number of rotatable bonds is 2. The molecular weight excluding hydrogens is 148 g/mol. The van der Waals surface area contributed by atoms with Crippen LogP contribution in [0, 0.1) is 5.41 Å². The maximum absolute atomic E-state index is 5.90. The molecule has 2 atom stereocenters. The molecule has 0 radical (unpaired) electrons. The van der Waals surface area contributed by atoms with Gasteiger partial charge in [-0.15, -0.1) is 6.58 Å². The molecule has 1 heteroatoms. The van der Waals surface area contributed by atoms with Crippen LogP contribution in [-0.4, -0.2) is 12.2 Å². The first-order valence-corrected chi connectivity index (χ1v) is 4.80. The molecule has 1 heterocycles. The Morgan fingerprint density at radius 3 is 2.50 bits per heavy atom. The van der Waals surface area contributed by atoms with Crippen molar-refractivity contribution in [2.45, 2.75) is 52.2 Å². The Hall–Kier alpha value is -0.300. The number of hydrogen-bond acceptors (Lipinski definition) is 1. The molecule has 0 aromatic heterocycles. The van der Waals surface area contributed by atoms with Gasteiger partial charge in [-0.25, -0.2) is 0 Å². The molecule has 0 aliphatic carbocycles. The zero-order chi connectivity index (χ0) is 9.19. The molecule has 12 heavy (non-hydrogen) atoms. The van der Waals surface area contributed by atoms with Crippen LogP contribution in [0.25, 0.3) is 0 Å². The van der Waals surface area contributed by atoms with Crippen molar-refractivity contribution >= 4 is 0 Å². The summed E-state index contributed by atoms with van der Waals surface area (Å²) in [6.45, 7) is 10.5. The molecule has 0 N–H and O–H groups in total. The van der Waals surface area contributed by atoms with Crippen molar-refractivity contribution in [2.24, 2.45) is 5.41 Å². The van der Waals surface area contributed by atoms with Crippen LogP contribution in [0.15, 0.2) is 12.7 Å². The van der Waals surface area contributed by atoms with E-state index in [1.165, 1.54) is 12.8 Å². The highest BCUT2D eigenvalue weighted by Crippen LogP contribution is 2.34. The molecule has 1 rings (SSSR count). The molecule has 1 nitrogen and oxygen atoms in total. The quantitative estimate of drug-likeness (QED) is 0.575. The van der Waals surface area contributed by atoms with Crippen molar-refractivity contribution in [1.82, 2.24) is 0 Å². The van der Waals surface area contributed by atoms with Gasteiger partial charge in [-0.3, -0.25) is 0 Å². The summed E-state index contributed by atoms with van der Waals surface area (Å²) in [6, 6.07) is 0. The van der Waals surface area contributed by atoms with E-state index in [1.807, 2.05) is 6.08 Å². The fraction of sp³-hybridized carbons (Fsp3) is 0.818. The second-order valence-corrected chi connectivity index (χ2v) is 4.71. The first-order chi connectivity index (χ1) is 5.54. The maximum Gasteiger partial charge on any atom is 0.0628 e. The van der Waals surface area contributed by atoms with E-state index >= 15 is 0 Å². The smallest absolute Gasteiger partial charge is 0.0628 e. The van der Waals surface area contributed by atoms with Gasteiger partial charge in [-0.2, -0.15) is 0 Å². The van der Waals surface area contributed by atoms with Crippen molar-refractivity contribution in [1.29, 1.82) is 0 Å². The van der Waals surface area contributed by atoms with Gasteiger partial charge >= 0.3 is 0 Å². The van der Waals surface area contributed by atoms with Crippen LogP contribution in [0.1, 0.15) is 40.0 Å². The molecule has 0 spiro atoms. The van der Waals surface area contributed by atoms with Gasteiger partial charge in [0.15, 0.2) is 0 Å². The highest BCUT2D eigenvalue weighted by atomic mass is 16.5. The van der Waals surface area contributed by atoms with Gasteiger partial charge in [0.25, 0.3) is 0 Å². The van der Waals surface area contributed by atoms with E-state index in [2.05, 4.69) is 27.4 Å². The minimum atomic E-state index is 0.302. The van der Waals surface area contributed by atoms with Crippen LogP contribution >= 0.6 is 0 Å². The molecule has 2 unspecified atom stereocenters. The molecule has 1 aliphatic heterocycles. The van der Waals surface area contributed by atoms with Crippen molar-refractivity contribution in [3.05, 3.63) is 12.7 Å². The second-order valence-electron chi connectivity index (χ2n) is 4.71. The van der Waals surface area contributed by atoms with E-state index < -0.39 is 0 Å². The minimum absolute atomic E-state index is 0.302. The van der Waals surface area contributed by atoms with E-state index in [0.717, 1.165) is 6.42 Å². The molecule has 70 valence electrons. The Balaban J connectivity index is 2.40. The van der Waals surface area contributed by atoms with Crippen LogP contribution in [0.5, 0.6) is 0 Å². The van der Waals surface area contributed by atoms with E-state index in [1.54, 1.807) is 0 Å². The molecule has 1 fully saturated rings. The lowest BCUT2D eigenvalue weighted by Gasteiger charge is -2.26. The van der Waals surface area contributed by atoms with Gasteiger partial charge in [0, 0.05) is 0 Å². The van der Waals surface area contributed by atoms with Crippen LogP contribution in [0.4, 0.5) is 0 Å². The summed E-state index contributed by atoms with van der Waals surface area (Å²) in [5, 5.41) is 0. The third kappa shape index (κ3) is 2.34. The first kappa shape index (κ1) is 9.79. The molecule has 1 saturated heterocycles. The summed E-state index contributed by atoms with van der Waals surface area (Å²) in [6.07, 6.45) is 6.26. The molecular formula is C11H20O. The van der Waals surface area contributed by atoms with E-state index in [-0.39, 0.29) is 0 Å². The van der Waals surface area contributed by atoms with Crippen molar-refractivity contribution in [3.63, 3.8) is 0 Å². The maximum atomic E-state index is 5.90. The number of ether oxygens (including phenoxy) is 1. The molecule has 0 bridgehead atoms. The molecule has 1 aliphatic rings. The molecule has 0 aromatic rings. The van der Waals surface area contributed by atoms with E-state index in [0.29, 0.717) is 17.6 Å². The molecule has 0 aromatic carbocycles. The summed E-state index contributed by atoms with van der Waals surface area (Å²) in [7, 11) is 0. The van der Waals surface area contributed by atoms with Crippen LogP contribution in [-0.2, 0) is 4.74 Å². The Bertz CT molecular complexity index is 155. The highest BCUT2D eigenvalue weighted by Gasteiger charge is 2.32. The SMILES string of the molecule is C=CCC1CCC(C(C)(C)C)O1. The van der Waals surface area contributed by atoms with Gasteiger partial charge < -0.3 is 4.74 Å². The topological polar surface area (TPSA) is 9.23 Å². The predicted octanol–water partition coefficient (Wildman–Crippen LogP) is 3.16.